The molecule has 0 bridgehead atoms. The largest absolute Gasteiger partial charge is 0.337 e. The standard InChI is InChI=1S/C12H8Br2F2N2/c1-6-2-8(14)12(17-5-6)18-11-3-7(13)9(15)4-10(11)16/h2-5H,1H3,(H,17,18). The maximum atomic E-state index is 13.6. The number of pyridine rings is 1. The van der Waals surface area contributed by atoms with Crippen molar-refractivity contribution in [2.75, 3.05) is 5.32 Å². The molecule has 0 saturated heterocycles. The molecule has 1 heterocycles. The summed E-state index contributed by atoms with van der Waals surface area (Å²) in [5.74, 6) is -0.850. The van der Waals surface area contributed by atoms with Crippen molar-refractivity contribution in [1.82, 2.24) is 4.98 Å². The van der Waals surface area contributed by atoms with E-state index < -0.39 is 11.6 Å². The highest BCUT2D eigenvalue weighted by atomic mass is 79.9. The molecule has 1 aromatic carbocycles. The lowest BCUT2D eigenvalue weighted by Gasteiger charge is -2.09. The van der Waals surface area contributed by atoms with E-state index >= 15 is 0 Å². The lowest BCUT2D eigenvalue weighted by molar-refractivity contribution is 0.581. The molecule has 0 aliphatic carbocycles. The van der Waals surface area contributed by atoms with Crippen LogP contribution in [0.1, 0.15) is 5.56 Å². The van der Waals surface area contributed by atoms with Gasteiger partial charge < -0.3 is 5.32 Å². The highest BCUT2D eigenvalue weighted by Gasteiger charge is 2.10. The van der Waals surface area contributed by atoms with E-state index in [0.29, 0.717) is 10.3 Å². The fourth-order valence-corrected chi connectivity index (χ4v) is 2.28. The minimum absolute atomic E-state index is 0.153. The molecule has 2 rings (SSSR count). The van der Waals surface area contributed by atoms with E-state index in [0.717, 1.165) is 11.6 Å². The smallest absolute Gasteiger partial charge is 0.149 e. The summed E-state index contributed by atoms with van der Waals surface area (Å²) in [6.45, 7) is 1.90. The van der Waals surface area contributed by atoms with Gasteiger partial charge in [0.05, 0.1) is 14.6 Å². The fraction of sp³-hybridized carbons (Fsp3) is 0.0833. The summed E-state index contributed by atoms with van der Waals surface area (Å²) < 4.78 is 27.6. The van der Waals surface area contributed by atoms with Crippen LogP contribution in [0.5, 0.6) is 0 Å². The minimum Gasteiger partial charge on any atom is -0.337 e. The van der Waals surface area contributed by atoms with Gasteiger partial charge in [-0.1, -0.05) is 0 Å². The summed E-state index contributed by atoms with van der Waals surface area (Å²) in [5.41, 5.74) is 1.13. The van der Waals surface area contributed by atoms with Crippen LogP contribution in [0.2, 0.25) is 0 Å². The van der Waals surface area contributed by atoms with Crippen LogP contribution in [0, 0.1) is 18.6 Å². The van der Waals surface area contributed by atoms with Crippen LogP contribution in [0.4, 0.5) is 20.3 Å². The number of hydrogen-bond acceptors (Lipinski definition) is 2. The molecule has 1 N–H and O–H groups in total. The molecule has 94 valence electrons. The average Bonchev–Trinajstić information content (AvgIpc) is 2.29. The third-order valence-electron chi connectivity index (χ3n) is 2.24. The van der Waals surface area contributed by atoms with Crippen molar-refractivity contribution in [3.63, 3.8) is 0 Å². The van der Waals surface area contributed by atoms with Crippen molar-refractivity contribution in [3.8, 4) is 0 Å². The van der Waals surface area contributed by atoms with Gasteiger partial charge in [0.15, 0.2) is 0 Å². The Morgan fingerprint density at radius 3 is 2.44 bits per heavy atom. The van der Waals surface area contributed by atoms with Crippen LogP contribution in [-0.4, -0.2) is 4.98 Å². The van der Waals surface area contributed by atoms with Gasteiger partial charge in [0.25, 0.3) is 0 Å². The maximum Gasteiger partial charge on any atom is 0.149 e. The molecule has 0 aliphatic rings. The van der Waals surface area contributed by atoms with Crippen LogP contribution >= 0.6 is 31.9 Å². The van der Waals surface area contributed by atoms with E-state index in [1.807, 2.05) is 13.0 Å². The van der Waals surface area contributed by atoms with E-state index in [9.17, 15) is 8.78 Å². The summed E-state index contributed by atoms with van der Waals surface area (Å²) in [7, 11) is 0. The molecular weight excluding hydrogens is 370 g/mol. The zero-order valence-corrected chi connectivity index (χ0v) is 12.4. The van der Waals surface area contributed by atoms with Gasteiger partial charge in [-0.3, -0.25) is 0 Å². The third-order valence-corrected chi connectivity index (χ3v) is 3.45. The number of anilines is 2. The maximum absolute atomic E-state index is 13.6. The van der Waals surface area contributed by atoms with Crippen LogP contribution in [0.15, 0.2) is 33.3 Å². The lowest BCUT2D eigenvalue weighted by atomic mass is 10.3. The first-order valence-corrected chi connectivity index (χ1v) is 6.59. The van der Waals surface area contributed by atoms with Gasteiger partial charge in [-0.15, -0.1) is 0 Å². The molecule has 18 heavy (non-hydrogen) atoms. The summed E-state index contributed by atoms with van der Waals surface area (Å²) in [5, 5.41) is 2.81. The number of nitrogens with zero attached hydrogens (tertiary/aromatic N) is 1. The Hall–Kier alpha value is -1.01. The Kier molecular flexibility index (Phi) is 3.97. The first kappa shape index (κ1) is 13.4. The van der Waals surface area contributed by atoms with Crippen LogP contribution < -0.4 is 5.32 Å². The summed E-state index contributed by atoms with van der Waals surface area (Å²) in [6, 6.07) is 4.00. The quantitative estimate of drug-likeness (QED) is 0.750. The zero-order valence-electron chi connectivity index (χ0n) is 9.27. The molecule has 0 fully saturated rings. The minimum atomic E-state index is -0.676. The molecule has 0 aliphatic heterocycles. The predicted molar refractivity (Wildman–Crippen MR) is 74.0 cm³/mol. The highest BCUT2D eigenvalue weighted by Crippen LogP contribution is 2.29. The van der Waals surface area contributed by atoms with Gasteiger partial charge in [-0.05, 0) is 56.5 Å². The highest BCUT2D eigenvalue weighted by molar-refractivity contribution is 9.10. The topological polar surface area (TPSA) is 24.9 Å². The normalized spacial score (nSPS) is 10.5. The van der Waals surface area contributed by atoms with Crippen LogP contribution in [0.25, 0.3) is 0 Å². The lowest BCUT2D eigenvalue weighted by Crippen LogP contribution is -1.98. The van der Waals surface area contributed by atoms with Crippen molar-refractivity contribution in [1.29, 1.82) is 0 Å². The summed E-state index contributed by atoms with van der Waals surface area (Å²) in [6.07, 6.45) is 1.66. The molecule has 2 nitrogen and oxygen atoms in total. The zero-order chi connectivity index (χ0) is 13.3. The molecule has 1 aromatic heterocycles. The summed E-state index contributed by atoms with van der Waals surface area (Å²) >= 11 is 6.34. The molecule has 0 saturated carbocycles. The molecule has 6 heteroatoms. The third kappa shape index (κ3) is 2.87. The van der Waals surface area contributed by atoms with Gasteiger partial charge in [0.2, 0.25) is 0 Å². The molecule has 0 spiro atoms. The number of halogens is 4. The molecule has 0 amide bonds. The number of rotatable bonds is 2. The van der Waals surface area contributed by atoms with Gasteiger partial charge in [-0.2, -0.15) is 0 Å². The van der Waals surface area contributed by atoms with Crippen molar-refractivity contribution in [2.24, 2.45) is 0 Å². The van der Waals surface area contributed by atoms with E-state index in [2.05, 4.69) is 42.2 Å². The number of aryl methyl sites for hydroxylation is 1. The SMILES string of the molecule is Cc1cnc(Nc2cc(Br)c(F)cc2F)c(Br)c1. The second-order valence-corrected chi connectivity index (χ2v) is 5.42. The Morgan fingerprint density at radius 2 is 1.78 bits per heavy atom. The number of benzene rings is 1. The molecular formula is C12H8Br2F2N2. The molecule has 2 aromatic rings. The van der Waals surface area contributed by atoms with Gasteiger partial charge >= 0.3 is 0 Å². The predicted octanol–water partition coefficient (Wildman–Crippen LogP) is 4.94. The molecule has 0 unspecified atom stereocenters. The number of aromatic nitrogens is 1. The molecule has 0 atom stereocenters. The van der Waals surface area contributed by atoms with E-state index in [4.69, 9.17) is 0 Å². The van der Waals surface area contributed by atoms with Gasteiger partial charge in [0, 0.05) is 12.3 Å². The number of hydrogen-bond donors (Lipinski definition) is 1. The van der Waals surface area contributed by atoms with E-state index in [1.165, 1.54) is 6.07 Å². The Morgan fingerprint density at radius 1 is 1.06 bits per heavy atom. The van der Waals surface area contributed by atoms with Gasteiger partial charge in [0.1, 0.15) is 17.5 Å². The molecule has 0 radical (unpaired) electrons. The van der Waals surface area contributed by atoms with Crippen molar-refractivity contribution in [3.05, 3.63) is 50.5 Å². The first-order valence-electron chi connectivity index (χ1n) is 5.01. The Balaban J connectivity index is 2.37. The summed E-state index contributed by atoms with van der Waals surface area (Å²) in [4.78, 5) is 4.13. The number of nitrogens with one attached hydrogen (secondary N) is 1. The van der Waals surface area contributed by atoms with Crippen LogP contribution in [-0.2, 0) is 0 Å². The second kappa shape index (κ2) is 5.32. The Bertz CT molecular complexity index is 603. The first-order chi connectivity index (χ1) is 8.47. The van der Waals surface area contributed by atoms with Crippen molar-refractivity contribution in [2.45, 2.75) is 6.92 Å². The average molecular weight is 378 g/mol. The monoisotopic (exact) mass is 376 g/mol. The Labute approximate surface area is 120 Å². The fourth-order valence-electron chi connectivity index (χ4n) is 1.37. The second-order valence-electron chi connectivity index (χ2n) is 3.71. The van der Waals surface area contributed by atoms with Gasteiger partial charge in [-0.25, -0.2) is 13.8 Å². The van der Waals surface area contributed by atoms with Crippen molar-refractivity contribution < 1.29 is 8.78 Å². The van der Waals surface area contributed by atoms with E-state index in [-0.39, 0.29) is 10.2 Å². The van der Waals surface area contributed by atoms with Crippen molar-refractivity contribution >= 4 is 43.4 Å². The van der Waals surface area contributed by atoms with E-state index in [1.54, 1.807) is 6.20 Å². The van der Waals surface area contributed by atoms with Crippen LogP contribution in [0.3, 0.4) is 0 Å².